The van der Waals surface area contributed by atoms with Gasteiger partial charge >= 0.3 is 0 Å². The molecular weight excluding hydrogens is 324 g/mol. The first-order chi connectivity index (χ1) is 12.6. The number of aryl methyl sites for hydroxylation is 1. The molecule has 1 aromatic heterocycles. The Hall–Kier alpha value is -3.14. The molecule has 0 saturated carbocycles. The third kappa shape index (κ3) is 3.91. The lowest BCUT2D eigenvalue weighted by Gasteiger charge is -2.26. The lowest BCUT2D eigenvalue weighted by molar-refractivity contribution is 0.0936. The molecule has 0 aliphatic carbocycles. The highest BCUT2D eigenvalue weighted by molar-refractivity contribution is 5.94. The Labute approximate surface area is 153 Å². The number of amides is 1. The molecule has 0 fully saturated rings. The standard InChI is InChI=1S/C22H22N2O2/c1-16(23-22(26)19-13-14-24(2)20(25)15-19)21(17-9-5-3-6-10-17)18-11-7-4-8-12-18/h3-16,21H,1-2H3,(H,23,26)/t16-/m1/s1. The van der Waals surface area contributed by atoms with Gasteiger partial charge in [-0.2, -0.15) is 0 Å². The molecule has 26 heavy (non-hydrogen) atoms. The van der Waals surface area contributed by atoms with Gasteiger partial charge in [0.15, 0.2) is 0 Å². The van der Waals surface area contributed by atoms with Gasteiger partial charge in [-0.3, -0.25) is 9.59 Å². The molecule has 0 spiro atoms. The zero-order chi connectivity index (χ0) is 18.5. The van der Waals surface area contributed by atoms with Gasteiger partial charge in [0.25, 0.3) is 11.5 Å². The van der Waals surface area contributed by atoms with Crippen molar-refractivity contribution in [1.29, 1.82) is 0 Å². The van der Waals surface area contributed by atoms with Crippen LogP contribution in [0.1, 0.15) is 34.3 Å². The minimum Gasteiger partial charge on any atom is -0.349 e. The van der Waals surface area contributed by atoms with Crippen LogP contribution in [0, 0.1) is 0 Å². The number of aromatic nitrogens is 1. The van der Waals surface area contributed by atoms with Crippen molar-refractivity contribution in [2.24, 2.45) is 7.05 Å². The van der Waals surface area contributed by atoms with Crippen molar-refractivity contribution in [1.82, 2.24) is 9.88 Å². The topological polar surface area (TPSA) is 51.1 Å². The molecule has 3 rings (SSSR count). The molecule has 1 heterocycles. The highest BCUT2D eigenvalue weighted by Gasteiger charge is 2.23. The summed E-state index contributed by atoms with van der Waals surface area (Å²) < 4.78 is 1.44. The molecule has 4 nitrogen and oxygen atoms in total. The summed E-state index contributed by atoms with van der Waals surface area (Å²) in [7, 11) is 1.66. The van der Waals surface area contributed by atoms with Gasteiger partial charge < -0.3 is 9.88 Å². The summed E-state index contributed by atoms with van der Waals surface area (Å²) in [5.41, 5.74) is 2.44. The van der Waals surface area contributed by atoms with Gasteiger partial charge in [-0.05, 0) is 24.1 Å². The van der Waals surface area contributed by atoms with E-state index >= 15 is 0 Å². The predicted octanol–water partition coefficient (Wildman–Crippen LogP) is 3.34. The maximum atomic E-state index is 12.6. The third-order valence-corrected chi connectivity index (χ3v) is 4.54. The van der Waals surface area contributed by atoms with Crippen LogP contribution in [0.2, 0.25) is 0 Å². The molecule has 132 valence electrons. The minimum absolute atomic E-state index is 0.0212. The summed E-state index contributed by atoms with van der Waals surface area (Å²) in [6.07, 6.45) is 1.60. The van der Waals surface area contributed by atoms with Crippen molar-refractivity contribution in [3.63, 3.8) is 0 Å². The monoisotopic (exact) mass is 346 g/mol. The SMILES string of the molecule is C[C@@H](NC(=O)c1ccn(C)c(=O)c1)C(c1ccccc1)c1ccccc1. The zero-order valence-corrected chi connectivity index (χ0v) is 14.9. The lowest BCUT2D eigenvalue weighted by atomic mass is 9.85. The van der Waals surface area contributed by atoms with Crippen LogP contribution in [-0.4, -0.2) is 16.5 Å². The third-order valence-electron chi connectivity index (χ3n) is 4.54. The molecule has 0 unspecified atom stereocenters. The molecule has 1 atom stereocenters. The number of hydrogen-bond acceptors (Lipinski definition) is 2. The second kappa shape index (κ2) is 7.83. The predicted molar refractivity (Wildman–Crippen MR) is 103 cm³/mol. The number of carbonyl (C=O) groups is 1. The molecule has 2 aromatic carbocycles. The van der Waals surface area contributed by atoms with Crippen molar-refractivity contribution in [3.05, 3.63) is 106 Å². The van der Waals surface area contributed by atoms with E-state index in [1.54, 1.807) is 19.3 Å². The van der Waals surface area contributed by atoms with E-state index in [1.165, 1.54) is 10.6 Å². The van der Waals surface area contributed by atoms with Crippen LogP contribution < -0.4 is 10.9 Å². The van der Waals surface area contributed by atoms with E-state index in [-0.39, 0.29) is 23.4 Å². The zero-order valence-electron chi connectivity index (χ0n) is 14.9. The minimum atomic E-state index is -0.243. The van der Waals surface area contributed by atoms with E-state index < -0.39 is 0 Å². The molecule has 0 aliphatic heterocycles. The Morgan fingerprint density at radius 2 is 1.46 bits per heavy atom. The number of nitrogens with one attached hydrogen (secondary N) is 1. The Balaban J connectivity index is 1.88. The Morgan fingerprint density at radius 3 is 1.96 bits per heavy atom. The number of carbonyl (C=O) groups excluding carboxylic acids is 1. The fourth-order valence-corrected chi connectivity index (χ4v) is 3.15. The molecular formula is C22H22N2O2. The molecule has 0 radical (unpaired) electrons. The highest BCUT2D eigenvalue weighted by Crippen LogP contribution is 2.28. The maximum Gasteiger partial charge on any atom is 0.251 e. The van der Waals surface area contributed by atoms with Crippen LogP contribution in [-0.2, 0) is 7.05 Å². The maximum absolute atomic E-state index is 12.6. The number of hydrogen-bond donors (Lipinski definition) is 1. The average Bonchev–Trinajstić information content (AvgIpc) is 2.66. The largest absolute Gasteiger partial charge is 0.349 e. The summed E-state index contributed by atoms with van der Waals surface area (Å²) in [4.78, 5) is 24.4. The summed E-state index contributed by atoms with van der Waals surface area (Å²) in [6, 6.07) is 23.1. The molecule has 1 amide bonds. The summed E-state index contributed by atoms with van der Waals surface area (Å²) >= 11 is 0. The van der Waals surface area contributed by atoms with Crippen LogP contribution in [0.4, 0.5) is 0 Å². The van der Waals surface area contributed by atoms with Crippen molar-refractivity contribution >= 4 is 5.91 Å². The summed E-state index contributed by atoms with van der Waals surface area (Å²) in [5, 5.41) is 3.05. The van der Waals surface area contributed by atoms with Gasteiger partial charge in [0.1, 0.15) is 0 Å². The van der Waals surface area contributed by atoms with Crippen LogP contribution in [0.25, 0.3) is 0 Å². The first-order valence-electron chi connectivity index (χ1n) is 8.63. The van der Waals surface area contributed by atoms with E-state index in [1.807, 2.05) is 43.3 Å². The van der Waals surface area contributed by atoms with Crippen molar-refractivity contribution < 1.29 is 4.79 Å². The first-order valence-corrected chi connectivity index (χ1v) is 8.63. The smallest absolute Gasteiger partial charge is 0.251 e. The van der Waals surface area contributed by atoms with E-state index in [0.717, 1.165) is 11.1 Å². The number of benzene rings is 2. The molecule has 3 aromatic rings. The van der Waals surface area contributed by atoms with Gasteiger partial charge in [-0.25, -0.2) is 0 Å². The molecule has 4 heteroatoms. The molecule has 1 N–H and O–H groups in total. The molecule has 0 aliphatic rings. The van der Waals surface area contributed by atoms with Crippen LogP contribution in [0.15, 0.2) is 83.8 Å². The van der Waals surface area contributed by atoms with Crippen molar-refractivity contribution in [3.8, 4) is 0 Å². The van der Waals surface area contributed by atoms with Gasteiger partial charge in [0.05, 0.1) is 0 Å². The van der Waals surface area contributed by atoms with Crippen molar-refractivity contribution in [2.75, 3.05) is 0 Å². The Kier molecular flexibility index (Phi) is 5.32. The second-order valence-electron chi connectivity index (χ2n) is 6.43. The van der Waals surface area contributed by atoms with Gasteiger partial charge in [-0.15, -0.1) is 0 Å². The van der Waals surface area contributed by atoms with E-state index in [9.17, 15) is 9.59 Å². The summed E-state index contributed by atoms with van der Waals surface area (Å²) in [6.45, 7) is 1.99. The molecule has 0 bridgehead atoms. The van der Waals surface area contributed by atoms with Gasteiger partial charge in [0.2, 0.25) is 0 Å². The van der Waals surface area contributed by atoms with E-state index in [4.69, 9.17) is 0 Å². The van der Waals surface area contributed by atoms with Crippen LogP contribution in [0.5, 0.6) is 0 Å². The second-order valence-corrected chi connectivity index (χ2v) is 6.43. The Bertz CT molecular complexity index is 894. The normalized spacial score (nSPS) is 12.0. The van der Waals surface area contributed by atoms with Crippen LogP contribution in [0.3, 0.4) is 0 Å². The van der Waals surface area contributed by atoms with E-state index in [2.05, 4.69) is 29.6 Å². The average molecular weight is 346 g/mol. The van der Waals surface area contributed by atoms with Crippen LogP contribution >= 0.6 is 0 Å². The number of pyridine rings is 1. The Morgan fingerprint density at radius 1 is 0.923 bits per heavy atom. The fraction of sp³-hybridized carbons (Fsp3) is 0.182. The van der Waals surface area contributed by atoms with Gasteiger partial charge in [-0.1, -0.05) is 60.7 Å². The van der Waals surface area contributed by atoms with Gasteiger partial charge in [0, 0.05) is 36.8 Å². The number of nitrogens with zero attached hydrogens (tertiary/aromatic N) is 1. The summed E-state index contributed by atoms with van der Waals surface area (Å²) in [5.74, 6) is -0.222. The number of rotatable bonds is 5. The lowest BCUT2D eigenvalue weighted by Crippen LogP contribution is -2.38. The quantitative estimate of drug-likeness (QED) is 0.770. The first kappa shape index (κ1) is 17.7. The fourth-order valence-electron chi connectivity index (χ4n) is 3.15. The molecule has 0 saturated heterocycles. The van der Waals surface area contributed by atoms with Crippen molar-refractivity contribution in [2.45, 2.75) is 18.9 Å². The van der Waals surface area contributed by atoms with E-state index in [0.29, 0.717) is 5.56 Å². The highest BCUT2D eigenvalue weighted by atomic mass is 16.2.